The molecule has 37 nitrogen and oxygen atoms in total. The van der Waals surface area contributed by atoms with Crippen LogP contribution in [0.3, 0.4) is 0 Å². The number of aromatic amines is 2. The summed E-state index contributed by atoms with van der Waals surface area (Å²) >= 11 is 31.0. The van der Waals surface area contributed by atoms with Gasteiger partial charge in [-0.15, -0.1) is 0 Å². The highest BCUT2D eigenvalue weighted by Gasteiger charge is 2.32. The van der Waals surface area contributed by atoms with Crippen molar-refractivity contribution in [2.75, 3.05) is 68.5 Å². The third kappa shape index (κ3) is 23.7. The number of thioether (sulfide) groups is 3. The highest BCUT2D eigenvalue weighted by atomic mass is 32.2. The first-order chi connectivity index (χ1) is 65.1. The van der Waals surface area contributed by atoms with E-state index in [-0.39, 0.29) is 68.7 Å². The Hall–Kier alpha value is -11.2. The number of rotatable bonds is 26. The van der Waals surface area contributed by atoms with Gasteiger partial charge < -0.3 is 52.8 Å². The molecule has 3 N–H and O–H groups in total. The number of fused-ring (bicyclic) bond motifs is 6. The normalized spacial score (nSPS) is 14.3. The lowest BCUT2D eigenvalue weighted by Crippen LogP contribution is -2.38. The van der Waals surface area contributed by atoms with Crippen LogP contribution in [0.25, 0.3) is 44.7 Å². The molecule has 14 heterocycles. The van der Waals surface area contributed by atoms with E-state index in [1.54, 1.807) is 72.4 Å². The van der Waals surface area contributed by atoms with Crippen molar-refractivity contribution in [3.63, 3.8) is 0 Å². The Morgan fingerprint density at radius 2 is 0.985 bits per heavy atom. The first kappa shape index (κ1) is 103. The van der Waals surface area contributed by atoms with Gasteiger partial charge in [0.2, 0.25) is 5.91 Å². The summed E-state index contributed by atoms with van der Waals surface area (Å²) in [5.74, 6) is 4.08. The standard InChI is InChI=1S/C22H27N5O3S2.C21H24N4O2S2.C17H23N5O2S2.C13H17N3O3.C12H16N4O3.C7H7N3S2/c1-15-4-6-16(7-5-15)17(28)14-32-21-23-19-18(20(31)25(3)22(29)24(19)2)27(21)9-8-26-10-12-30-13-11-26;1-12-5-8-15(13(2)9-12)16(26)11-29-20-22-18-17(25(20)10-14-6-7-14)19(28)24(4)21(27)23(18)3;1-19-14-13(15(25)20(2)17(19)24)22(9-11-5-6-11)16(18-14)26-10-12(23)21-7-3-4-8-21;1-8(17)5-4-6-9-7-10-11(14-9)15(2)13(19)16(3)12(10)18;1-8(17)5-4-6-16-7-13-10-9(16)11(18)15(3)12(19)14(10)2;1-3-2-4-5(8-3)9-7(12)10-6(4)11/h4-7H,8-14H2,1-3H3;5,8-9,14H,6-7,10-11H2,1-4H3;11H,3-10H2,1-2H3;4-7H2,1-3H3;7H,4-6H2,1-3H3;1-2H2,(H3,8,9,10,11,12). The molecule has 2 saturated heterocycles. The number of hydrogen-bond acceptors (Lipinski definition) is 28. The van der Waals surface area contributed by atoms with Crippen LogP contribution < -0.4 is 44.9 Å². The van der Waals surface area contributed by atoms with Crippen LogP contribution in [-0.2, 0) is 129 Å². The van der Waals surface area contributed by atoms with E-state index in [1.807, 2.05) is 68.1 Å². The van der Waals surface area contributed by atoms with Crippen LogP contribution in [0.2, 0.25) is 0 Å². The number of ketones is 4. The molecule has 0 bridgehead atoms. The number of aromatic nitrogens is 20. The number of aliphatic imine (C=N–C) groups is 1. The van der Waals surface area contributed by atoms with Crippen molar-refractivity contribution < 1.29 is 28.7 Å². The molecule has 12 aromatic rings. The Bertz CT molecular complexity index is 7630. The van der Waals surface area contributed by atoms with E-state index in [2.05, 4.69) is 50.4 Å². The van der Waals surface area contributed by atoms with E-state index in [9.17, 15) is 57.5 Å². The molecule has 2 aliphatic carbocycles. The lowest BCUT2D eigenvalue weighted by molar-refractivity contribution is -0.127. The molecule has 2 saturated carbocycles. The van der Waals surface area contributed by atoms with Gasteiger partial charge in [-0.25, -0.2) is 48.9 Å². The van der Waals surface area contributed by atoms with Crippen LogP contribution in [0.15, 0.2) is 115 Å². The molecule has 4 fully saturated rings. The lowest BCUT2D eigenvalue weighted by Gasteiger charge is -2.26. The van der Waals surface area contributed by atoms with E-state index >= 15 is 0 Å². The Balaban J connectivity index is 0.000000142. The number of ether oxygens (including phenoxy) is 1. The van der Waals surface area contributed by atoms with Crippen LogP contribution in [0.4, 0.5) is 11.6 Å². The first-order valence-electron chi connectivity index (χ1n) is 45.0. The largest absolute Gasteiger partial charge is 0.379 e. The van der Waals surface area contributed by atoms with Crippen molar-refractivity contribution in [2.45, 2.75) is 160 Å². The molecule has 6 aliphatic rings. The maximum atomic E-state index is 12.8. The van der Waals surface area contributed by atoms with Crippen LogP contribution in [0, 0.1) is 55.9 Å². The third-order valence-corrected chi connectivity index (χ3v) is 29.6. The van der Waals surface area contributed by atoms with Crippen molar-refractivity contribution in [1.29, 1.82) is 0 Å². The number of H-pyrrole nitrogens is 2. The van der Waals surface area contributed by atoms with Crippen LogP contribution in [0.1, 0.15) is 133 Å². The Kier molecular flexibility index (Phi) is 33.7. The zero-order valence-corrected chi connectivity index (χ0v) is 86.1. The Morgan fingerprint density at radius 3 is 1.52 bits per heavy atom. The number of benzene rings is 2. The number of nitrogens with one attached hydrogen (secondary N) is 3. The summed E-state index contributed by atoms with van der Waals surface area (Å²) in [4.78, 5) is 177. The summed E-state index contributed by atoms with van der Waals surface area (Å²) in [6.45, 7) is 21.5. The van der Waals surface area contributed by atoms with Gasteiger partial charge in [0.05, 0.1) is 42.4 Å². The molecule has 0 spiro atoms. The summed E-state index contributed by atoms with van der Waals surface area (Å²) < 4.78 is 30.1. The maximum Gasteiger partial charge on any atom is 0.332 e. The third-order valence-electron chi connectivity index (χ3n) is 24.7. The highest BCUT2D eigenvalue weighted by molar-refractivity contribution is 8.00. The summed E-state index contributed by atoms with van der Waals surface area (Å²) in [7, 11) is 16.3. The molecule has 0 radical (unpaired) electrons. The highest BCUT2D eigenvalue weighted by Crippen LogP contribution is 2.37. The molecule has 728 valence electrons. The maximum absolute atomic E-state index is 12.8. The van der Waals surface area contributed by atoms with Crippen molar-refractivity contribution >= 4 is 187 Å². The lowest BCUT2D eigenvalue weighted by atomic mass is 10.0. The summed E-state index contributed by atoms with van der Waals surface area (Å²) in [5.41, 5.74) is 11.0. The minimum Gasteiger partial charge on any atom is -0.379 e. The van der Waals surface area contributed by atoms with Gasteiger partial charge in [-0.2, -0.15) is 0 Å². The van der Waals surface area contributed by atoms with Gasteiger partial charge in [-0.1, -0.05) is 144 Å². The molecular weight excluding hydrogens is 1910 g/mol. The topological polar surface area (TPSA) is 397 Å². The SMILES string of the molecule is C=C1Cc2c([nH]c(=S)[nH]c2=S)N1.CC(=O)CCCC1=Nc2c(c(=O)n(C)c(=O)n2C)C1.CC(=O)CCCn1cnc2c1c(=O)n(C)c(=O)n2C.Cc1ccc(C(=O)CSc2nc3c(c(=S)n(C)c(=O)n3C)n2CC2CC2)c(C)c1.Cc1ccc(C(=O)CSc2nc3c(c(=S)n(C)c(=O)n3C)n2CCN2CCOCC2)cc1.Cn1c(=S)c2c(nc(SCC(=O)N3CCCC3)n2CC2CC2)n(C)c1=O. The number of amides is 1. The van der Waals surface area contributed by atoms with Crippen LogP contribution >= 0.6 is 96.4 Å². The average Bonchev–Trinajstić information content (AvgIpc) is 1.61. The Labute approximate surface area is 825 Å². The van der Waals surface area contributed by atoms with Crippen LogP contribution in [-0.4, -0.2) is 202 Å². The van der Waals surface area contributed by atoms with Crippen molar-refractivity contribution in [2.24, 2.45) is 87.3 Å². The summed E-state index contributed by atoms with van der Waals surface area (Å²) in [6, 6.07) is 13.5. The van der Waals surface area contributed by atoms with Gasteiger partial charge in [0.15, 0.2) is 59.9 Å². The number of aryl methyl sites for hydroxylation is 8. The second-order valence-corrected chi connectivity index (χ2v) is 40.0. The molecule has 0 unspecified atom stereocenters. The summed E-state index contributed by atoms with van der Waals surface area (Å²) in [6.07, 6.45) is 12.8. The fraction of sp³-hybridized carbons (Fsp3) is 0.478. The van der Waals surface area contributed by atoms with Gasteiger partial charge in [0.25, 0.3) is 11.1 Å². The number of imidazole rings is 4. The zero-order chi connectivity index (χ0) is 99.1. The monoisotopic (exact) mass is 2020 g/mol. The molecule has 45 heteroatoms. The van der Waals surface area contributed by atoms with E-state index in [0.717, 1.165) is 166 Å². The van der Waals surface area contributed by atoms with E-state index < -0.39 is 5.69 Å². The second kappa shape index (κ2) is 44.7. The van der Waals surface area contributed by atoms with Crippen molar-refractivity contribution in [3.8, 4) is 0 Å². The number of nitrogens with zero attached hydrogens (tertiary/aromatic N) is 21. The number of hydrogen-bond donors (Lipinski definition) is 3. The smallest absolute Gasteiger partial charge is 0.332 e. The molecule has 10 aromatic heterocycles. The molecular formula is C92H114N24O13S8. The van der Waals surface area contributed by atoms with E-state index in [1.165, 1.54) is 120 Å². The number of likely N-dealkylation sites (tertiary alicyclic amines) is 1. The minimum absolute atomic E-state index is 0.0415. The van der Waals surface area contributed by atoms with Crippen molar-refractivity contribution in [1.82, 2.24) is 104 Å². The quantitative estimate of drug-likeness (QED) is 0.0257. The molecule has 2 aromatic carbocycles. The number of allylic oxidation sites excluding steroid dienone is 1. The summed E-state index contributed by atoms with van der Waals surface area (Å²) in [5, 5.41) is 5.30. The number of morpholine rings is 1. The molecule has 18 rings (SSSR count). The Morgan fingerprint density at radius 1 is 0.504 bits per heavy atom. The number of carbonyl (C=O) groups excluding carboxylic acids is 5. The van der Waals surface area contributed by atoms with Gasteiger partial charge in [0, 0.05) is 183 Å². The minimum atomic E-state index is -0.397. The molecule has 4 aliphatic heterocycles. The number of carbonyl (C=O) groups is 5. The van der Waals surface area contributed by atoms with Gasteiger partial charge in [-0.3, -0.25) is 74.5 Å². The van der Waals surface area contributed by atoms with Crippen LogP contribution in [0.5, 0.6) is 0 Å². The molecule has 0 atom stereocenters. The van der Waals surface area contributed by atoms with Gasteiger partial charge in [0.1, 0.15) is 58.3 Å². The predicted octanol–water partition coefficient (Wildman–Crippen LogP) is 10.7. The fourth-order valence-corrected chi connectivity index (χ4v) is 20.5. The first-order valence-corrected chi connectivity index (χ1v) is 50.0. The molecule has 1 amide bonds. The second-order valence-electron chi connectivity index (χ2n) is 35.2. The van der Waals surface area contributed by atoms with Crippen molar-refractivity contribution in [3.05, 3.63) is 196 Å². The van der Waals surface area contributed by atoms with E-state index in [4.69, 9.17) is 80.8 Å². The van der Waals surface area contributed by atoms with Gasteiger partial charge >= 0.3 is 28.4 Å². The molecule has 137 heavy (non-hydrogen) atoms. The zero-order valence-electron chi connectivity index (χ0n) is 79.5. The van der Waals surface area contributed by atoms with E-state index in [0.29, 0.717) is 142 Å². The average molecular weight is 2020 g/mol. The number of anilines is 1. The predicted molar refractivity (Wildman–Crippen MR) is 546 cm³/mol. The number of Topliss-reactive ketones (excluding diaryl/α,β-unsaturated/α-hetero) is 4. The van der Waals surface area contributed by atoms with Gasteiger partial charge in [-0.05, 0) is 122 Å². The fourth-order valence-electron chi connectivity index (χ4n) is 16.4.